The Hall–Kier alpha value is -7.44. The Morgan fingerprint density at radius 3 is 1.32 bits per heavy atom. The number of aromatic nitrogens is 6. The first-order chi connectivity index (χ1) is 31.9. The normalized spacial score (nSPS) is 14.7. The van der Waals surface area contributed by atoms with E-state index in [0.717, 1.165) is 33.6 Å². The maximum atomic E-state index is 13.4. The summed E-state index contributed by atoms with van der Waals surface area (Å²) in [6, 6.07) is 24.1. The Bertz CT molecular complexity index is 2700. The van der Waals surface area contributed by atoms with E-state index >= 15 is 0 Å². The molecule has 0 saturated heterocycles. The lowest BCUT2D eigenvalue weighted by molar-refractivity contribution is -0.126. The molecule has 2 aliphatic heterocycles. The molecular weight excluding hydrogens is 887 g/mol. The van der Waals surface area contributed by atoms with Gasteiger partial charge in [0.25, 0.3) is 0 Å². The van der Waals surface area contributed by atoms with Crippen molar-refractivity contribution in [3.8, 4) is 22.9 Å². The Balaban J connectivity index is 0.838. The molecule has 66 heavy (non-hydrogen) atoms. The van der Waals surface area contributed by atoms with Crippen LogP contribution in [0.5, 0.6) is 11.5 Å². The summed E-state index contributed by atoms with van der Waals surface area (Å²) in [7, 11) is 3.16. The van der Waals surface area contributed by atoms with E-state index in [4.69, 9.17) is 42.7 Å². The number of aliphatic imine (C=N–C) groups is 2. The molecule has 4 aromatic carbocycles. The lowest BCUT2D eigenvalue weighted by atomic mass is 10.00. The van der Waals surface area contributed by atoms with Crippen molar-refractivity contribution in [2.75, 3.05) is 40.4 Å². The lowest BCUT2D eigenvalue weighted by Crippen LogP contribution is -2.42. The zero-order chi connectivity index (χ0) is 46.5. The zero-order valence-corrected chi connectivity index (χ0v) is 37.8. The zero-order valence-electron chi connectivity index (χ0n) is 36.3. The molecule has 0 radical (unpaired) electrons. The van der Waals surface area contributed by atoms with Gasteiger partial charge >= 0.3 is 0 Å². The van der Waals surface area contributed by atoms with E-state index in [-0.39, 0.29) is 39.0 Å². The molecular formula is C46H44Cl2N12O6. The van der Waals surface area contributed by atoms with Crippen LogP contribution in [0.3, 0.4) is 0 Å². The van der Waals surface area contributed by atoms with Crippen LogP contribution in [-0.2, 0) is 19.2 Å². The maximum Gasteiger partial charge on any atom is 0.239 e. The number of hydrogen-bond donors (Lipinski definition) is 4. The SMILES string of the molecule is COc1ccc2c(c1)C(c1ccc(Cl)cc1)=N[C@@H](CC(=O)NCC(=O)NCCNC(=O)CNC(=O)C[C@@H]1N=C(c3ccc(Cl)cc3)c3cc(OC)ccc3-n3c(C)nnc31)c1nnc(C)n1-2. The molecule has 0 saturated carbocycles. The second kappa shape index (κ2) is 19.7. The quantitative estimate of drug-likeness (QED) is 0.106. The second-order valence-electron chi connectivity index (χ2n) is 15.3. The number of ether oxygens (including phenoxy) is 2. The van der Waals surface area contributed by atoms with Gasteiger partial charge < -0.3 is 30.7 Å². The van der Waals surface area contributed by atoms with E-state index in [2.05, 4.69) is 41.7 Å². The molecule has 4 heterocycles. The van der Waals surface area contributed by atoms with E-state index in [0.29, 0.717) is 56.3 Å². The molecule has 8 rings (SSSR count). The van der Waals surface area contributed by atoms with Crippen molar-refractivity contribution >= 4 is 58.3 Å². The largest absolute Gasteiger partial charge is 0.497 e. The van der Waals surface area contributed by atoms with E-state index in [1.807, 2.05) is 83.6 Å². The van der Waals surface area contributed by atoms with Gasteiger partial charge in [-0.25, -0.2) is 0 Å². The summed E-state index contributed by atoms with van der Waals surface area (Å²) in [5.41, 5.74) is 5.79. The predicted molar refractivity (Wildman–Crippen MR) is 246 cm³/mol. The van der Waals surface area contributed by atoms with Gasteiger partial charge in [-0.05, 0) is 74.5 Å². The fourth-order valence-electron chi connectivity index (χ4n) is 7.74. The molecule has 4 amide bonds. The van der Waals surface area contributed by atoms with Crippen molar-refractivity contribution in [2.45, 2.75) is 38.8 Å². The molecule has 0 unspecified atom stereocenters. The Morgan fingerprint density at radius 1 is 0.545 bits per heavy atom. The van der Waals surface area contributed by atoms with Gasteiger partial charge in [-0.1, -0.05) is 47.5 Å². The highest BCUT2D eigenvalue weighted by atomic mass is 35.5. The van der Waals surface area contributed by atoms with Crippen LogP contribution < -0.4 is 30.7 Å². The number of fused-ring (bicyclic) bond motifs is 6. The lowest BCUT2D eigenvalue weighted by Gasteiger charge is -2.14. The average molecular weight is 932 g/mol. The standard InChI is InChI=1S/C46H44Cl2N12O6/c1-25-55-57-45-35(53-43(27-5-9-29(47)10-6-27)33-19-31(65-3)13-15-37(33)59(25)45)21-39(61)51-23-41(63)49-17-18-50-42(64)24-52-40(62)22-36-46-58-56-26(2)60(46)38-16-14-32(66-4)20-34(38)44(54-36)28-7-11-30(48)12-8-28/h5-16,19-20,35-36H,17-18,21-24H2,1-4H3,(H,49,63)(H,50,64)(H,51,61)(H,52,62)/t35-,36-/m0/s1. The third-order valence-corrected chi connectivity index (χ3v) is 11.4. The summed E-state index contributed by atoms with van der Waals surface area (Å²) in [5, 5.41) is 29.2. The highest BCUT2D eigenvalue weighted by Crippen LogP contribution is 2.36. The van der Waals surface area contributed by atoms with Crippen molar-refractivity contribution < 1.29 is 28.7 Å². The number of carbonyl (C=O) groups excluding carboxylic acids is 4. The highest BCUT2D eigenvalue weighted by Gasteiger charge is 2.32. The summed E-state index contributed by atoms with van der Waals surface area (Å²) in [6.45, 7) is 3.14. The number of amides is 4. The smallest absolute Gasteiger partial charge is 0.239 e. The van der Waals surface area contributed by atoms with Crippen molar-refractivity contribution in [3.05, 3.63) is 141 Å². The van der Waals surface area contributed by atoms with Crippen molar-refractivity contribution in [1.82, 2.24) is 50.8 Å². The first-order valence-corrected chi connectivity index (χ1v) is 21.6. The van der Waals surface area contributed by atoms with Gasteiger partial charge in [0, 0.05) is 45.4 Å². The molecule has 4 N–H and O–H groups in total. The first kappa shape index (κ1) is 45.1. The first-order valence-electron chi connectivity index (χ1n) is 20.9. The number of nitrogens with one attached hydrogen (secondary N) is 4. The molecule has 0 aliphatic carbocycles. The van der Waals surface area contributed by atoms with Gasteiger partial charge in [-0.2, -0.15) is 0 Å². The van der Waals surface area contributed by atoms with Crippen molar-refractivity contribution in [1.29, 1.82) is 0 Å². The summed E-state index contributed by atoms with van der Waals surface area (Å²) in [5.74, 6) is 1.55. The molecule has 0 bridgehead atoms. The van der Waals surface area contributed by atoms with Crippen LogP contribution in [0.2, 0.25) is 10.0 Å². The Labute approximate surface area is 388 Å². The van der Waals surface area contributed by atoms with Crippen LogP contribution in [0.25, 0.3) is 11.4 Å². The molecule has 338 valence electrons. The number of benzene rings is 4. The van der Waals surface area contributed by atoms with E-state index in [1.165, 1.54) is 0 Å². The number of aryl methyl sites for hydroxylation is 2. The fraction of sp³-hybridized carbons (Fsp3) is 0.261. The summed E-state index contributed by atoms with van der Waals surface area (Å²) in [6.07, 6.45) is -0.261. The molecule has 2 aromatic heterocycles. The van der Waals surface area contributed by atoms with E-state index in [1.54, 1.807) is 38.5 Å². The number of hydrogen-bond acceptors (Lipinski definition) is 12. The van der Waals surface area contributed by atoms with Crippen LogP contribution in [0.4, 0.5) is 0 Å². The third-order valence-electron chi connectivity index (χ3n) is 10.9. The molecule has 0 spiro atoms. The summed E-state index contributed by atoms with van der Waals surface area (Å²) >= 11 is 12.4. The van der Waals surface area contributed by atoms with Gasteiger partial charge in [0.1, 0.15) is 35.2 Å². The predicted octanol–water partition coefficient (Wildman–Crippen LogP) is 4.52. The second-order valence-corrected chi connectivity index (χ2v) is 16.2. The molecule has 18 nitrogen and oxygen atoms in total. The number of carbonyl (C=O) groups is 4. The minimum Gasteiger partial charge on any atom is -0.497 e. The Kier molecular flexibility index (Phi) is 13.5. The molecule has 0 fully saturated rings. The van der Waals surface area contributed by atoms with E-state index in [9.17, 15) is 19.2 Å². The van der Waals surface area contributed by atoms with Crippen LogP contribution in [0.15, 0.2) is 94.9 Å². The van der Waals surface area contributed by atoms with Gasteiger partial charge in [-0.3, -0.25) is 38.3 Å². The number of rotatable bonds is 15. The van der Waals surface area contributed by atoms with Gasteiger partial charge in [0.15, 0.2) is 11.6 Å². The van der Waals surface area contributed by atoms with Crippen molar-refractivity contribution in [2.24, 2.45) is 9.98 Å². The minimum absolute atomic E-state index is 0.0699. The van der Waals surface area contributed by atoms with Crippen LogP contribution in [-0.4, -0.2) is 105 Å². The van der Waals surface area contributed by atoms with E-state index < -0.39 is 35.7 Å². The summed E-state index contributed by atoms with van der Waals surface area (Å²) < 4.78 is 14.8. The molecule has 6 aromatic rings. The van der Waals surface area contributed by atoms with Crippen LogP contribution in [0, 0.1) is 13.8 Å². The monoisotopic (exact) mass is 930 g/mol. The molecule has 2 atom stereocenters. The van der Waals surface area contributed by atoms with Crippen LogP contribution in [0.1, 0.15) is 70.5 Å². The van der Waals surface area contributed by atoms with Gasteiger partial charge in [-0.15, -0.1) is 20.4 Å². The maximum absolute atomic E-state index is 13.4. The topological polar surface area (TPSA) is 221 Å². The number of nitrogens with zero attached hydrogens (tertiary/aromatic N) is 8. The summed E-state index contributed by atoms with van der Waals surface area (Å²) in [4.78, 5) is 62.3. The number of methoxy groups -OCH3 is 2. The highest BCUT2D eigenvalue weighted by molar-refractivity contribution is 6.31. The van der Waals surface area contributed by atoms with Gasteiger partial charge in [0.2, 0.25) is 23.6 Å². The van der Waals surface area contributed by atoms with Gasteiger partial charge in [0.05, 0.1) is 62.9 Å². The number of halogens is 2. The minimum atomic E-state index is -0.758. The average Bonchev–Trinajstić information content (AvgIpc) is 3.82. The Morgan fingerprint density at radius 2 is 0.939 bits per heavy atom. The van der Waals surface area contributed by atoms with Crippen molar-refractivity contribution in [3.63, 3.8) is 0 Å². The molecule has 2 aliphatic rings. The van der Waals surface area contributed by atoms with Crippen LogP contribution >= 0.6 is 23.2 Å². The fourth-order valence-corrected chi connectivity index (χ4v) is 7.99. The third kappa shape index (κ3) is 9.79. The molecule has 20 heteroatoms.